The maximum absolute atomic E-state index is 11.6. The van der Waals surface area contributed by atoms with E-state index in [2.05, 4.69) is 11.9 Å². The number of fused-ring (bicyclic) bond motifs is 1. The number of carbonyl (C=O) groups excluding carboxylic acids is 1. The number of nitrogens with one attached hydrogen (secondary N) is 1. The van der Waals surface area contributed by atoms with E-state index in [0.29, 0.717) is 22.0 Å². The summed E-state index contributed by atoms with van der Waals surface area (Å²) in [4.78, 5) is 11.6. The van der Waals surface area contributed by atoms with Crippen LogP contribution in [0.15, 0.2) is 42.5 Å². The zero-order chi connectivity index (χ0) is 13.3. The van der Waals surface area contributed by atoms with E-state index >= 15 is 0 Å². The molecule has 0 spiro atoms. The first-order valence-corrected chi connectivity index (χ1v) is 5.40. The van der Waals surface area contributed by atoms with Crippen molar-refractivity contribution in [3.8, 4) is 11.5 Å². The highest BCUT2D eigenvalue weighted by molar-refractivity contribution is 6.09. The number of phenolic OH excluding ortho intramolecular Hbond substituents is 2. The predicted molar refractivity (Wildman–Crippen MR) is 70.7 cm³/mol. The molecular weight excluding hydrogens is 230 g/mol. The number of anilines is 1. The quantitative estimate of drug-likeness (QED) is 0.710. The summed E-state index contributed by atoms with van der Waals surface area (Å²) in [7, 11) is 0. The summed E-state index contributed by atoms with van der Waals surface area (Å²) in [5.41, 5.74) is 0.906. The molecule has 92 valence electrons. The molecule has 0 aliphatic heterocycles. The Morgan fingerprint density at radius 1 is 1.22 bits per heavy atom. The lowest BCUT2D eigenvalue weighted by atomic mass is 10.1. The first kappa shape index (κ1) is 12.0. The second-order valence-electron chi connectivity index (χ2n) is 4.10. The Bertz CT molecular complexity index is 647. The molecule has 0 aliphatic rings. The molecule has 1 amide bonds. The summed E-state index contributed by atoms with van der Waals surface area (Å²) in [6.45, 7) is 5.16. The molecule has 0 unspecified atom stereocenters. The van der Waals surface area contributed by atoms with Crippen molar-refractivity contribution < 1.29 is 15.0 Å². The Labute approximate surface area is 104 Å². The molecule has 0 saturated heterocycles. The minimum Gasteiger partial charge on any atom is -0.508 e. The zero-order valence-corrected chi connectivity index (χ0v) is 9.90. The van der Waals surface area contributed by atoms with Crippen LogP contribution in [0.4, 0.5) is 5.69 Å². The van der Waals surface area contributed by atoms with Crippen LogP contribution in [0.1, 0.15) is 6.92 Å². The lowest BCUT2D eigenvalue weighted by Crippen LogP contribution is -2.11. The minimum atomic E-state index is -0.301. The smallest absolute Gasteiger partial charge is 0.250 e. The Morgan fingerprint density at radius 2 is 1.94 bits per heavy atom. The van der Waals surface area contributed by atoms with Gasteiger partial charge in [0.15, 0.2) is 0 Å². The molecule has 18 heavy (non-hydrogen) atoms. The van der Waals surface area contributed by atoms with E-state index in [0.717, 1.165) is 0 Å². The van der Waals surface area contributed by atoms with Crippen molar-refractivity contribution in [2.45, 2.75) is 6.92 Å². The zero-order valence-electron chi connectivity index (χ0n) is 9.90. The second-order valence-corrected chi connectivity index (χ2v) is 4.10. The van der Waals surface area contributed by atoms with E-state index in [1.54, 1.807) is 25.1 Å². The highest BCUT2D eigenvalue weighted by Crippen LogP contribution is 2.34. The monoisotopic (exact) mass is 243 g/mol. The molecule has 3 N–H and O–H groups in total. The van der Waals surface area contributed by atoms with Gasteiger partial charge < -0.3 is 15.5 Å². The van der Waals surface area contributed by atoms with E-state index in [9.17, 15) is 15.0 Å². The molecule has 2 aromatic rings. The average molecular weight is 243 g/mol. The summed E-state index contributed by atoms with van der Waals surface area (Å²) in [5, 5.41) is 23.0. The molecule has 0 atom stereocenters. The molecular formula is C14H13NO3. The van der Waals surface area contributed by atoms with Crippen molar-refractivity contribution in [2.75, 3.05) is 5.32 Å². The van der Waals surface area contributed by atoms with Crippen LogP contribution in [0.5, 0.6) is 11.5 Å². The van der Waals surface area contributed by atoms with Gasteiger partial charge >= 0.3 is 0 Å². The van der Waals surface area contributed by atoms with Gasteiger partial charge in [-0.05, 0) is 19.1 Å². The highest BCUT2D eigenvalue weighted by Gasteiger charge is 2.09. The van der Waals surface area contributed by atoms with Gasteiger partial charge in [-0.15, -0.1) is 0 Å². The number of rotatable bonds is 2. The van der Waals surface area contributed by atoms with Gasteiger partial charge in [0.2, 0.25) is 0 Å². The minimum absolute atomic E-state index is 0.0311. The number of hydrogen-bond donors (Lipinski definition) is 3. The van der Waals surface area contributed by atoms with Crippen LogP contribution in [0, 0.1) is 0 Å². The fourth-order valence-corrected chi connectivity index (χ4v) is 1.69. The van der Waals surface area contributed by atoms with Crippen molar-refractivity contribution in [1.29, 1.82) is 0 Å². The van der Waals surface area contributed by atoms with Crippen LogP contribution in [-0.2, 0) is 4.79 Å². The van der Waals surface area contributed by atoms with Crippen LogP contribution in [0.25, 0.3) is 10.8 Å². The number of aromatic hydroxyl groups is 2. The Hall–Kier alpha value is -2.49. The SMILES string of the molecule is C=C(C)C(=O)Nc1cccc2c(O)cc(O)cc12. The molecule has 4 heteroatoms. The van der Waals surface area contributed by atoms with Gasteiger partial charge in [-0.2, -0.15) is 0 Å². The third kappa shape index (κ3) is 2.13. The topological polar surface area (TPSA) is 69.6 Å². The fraction of sp³-hybridized carbons (Fsp3) is 0.0714. The van der Waals surface area contributed by atoms with E-state index in [1.165, 1.54) is 12.1 Å². The molecule has 2 rings (SSSR count). The summed E-state index contributed by atoms with van der Waals surface area (Å²) in [5.74, 6) is -0.390. The molecule has 0 heterocycles. The van der Waals surface area contributed by atoms with Crippen molar-refractivity contribution >= 4 is 22.4 Å². The lowest BCUT2D eigenvalue weighted by molar-refractivity contribution is -0.112. The van der Waals surface area contributed by atoms with Crippen molar-refractivity contribution in [3.05, 3.63) is 42.5 Å². The van der Waals surface area contributed by atoms with E-state index in [-0.39, 0.29) is 17.4 Å². The largest absolute Gasteiger partial charge is 0.508 e. The fourth-order valence-electron chi connectivity index (χ4n) is 1.69. The van der Waals surface area contributed by atoms with Gasteiger partial charge in [0, 0.05) is 28.1 Å². The second kappa shape index (κ2) is 4.41. The maximum atomic E-state index is 11.6. The number of phenols is 2. The molecule has 4 nitrogen and oxygen atoms in total. The number of carbonyl (C=O) groups is 1. The van der Waals surface area contributed by atoms with Crippen molar-refractivity contribution in [2.24, 2.45) is 0 Å². The van der Waals surface area contributed by atoms with Crippen molar-refractivity contribution in [3.63, 3.8) is 0 Å². The van der Waals surface area contributed by atoms with Crippen molar-refractivity contribution in [1.82, 2.24) is 0 Å². The van der Waals surface area contributed by atoms with Gasteiger partial charge in [-0.1, -0.05) is 18.7 Å². The first-order chi connectivity index (χ1) is 8.49. The van der Waals surface area contributed by atoms with E-state index in [4.69, 9.17) is 0 Å². The highest BCUT2D eigenvalue weighted by atomic mass is 16.3. The normalized spacial score (nSPS) is 10.3. The molecule has 0 saturated carbocycles. The van der Waals surface area contributed by atoms with Crippen LogP contribution in [0.2, 0.25) is 0 Å². The van der Waals surface area contributed by atoms with E-state index < -0.39 is 0 Å². The molecule has 0 aliphatic carbocycles. The van der Waals surface area contributed by atoms with Gasteiger partial charge in [-0.25, -0.2) is 0 Å². The van der Waals surface area contributed by atoms with Gasteiger partial charge in [0.05, 0.1) is 0 Å². The van der Waals surface area contributed by atoms with Gasteiger partial charge in [0.25, 0.3) is 5.91 Å². The third-order valence-corrected chi connectivity index (χ3v) is 2.59. The van der Waals surface area contributed by atoms with Crippen LogP contribution in [0.3, 0.4) is 0 Å². The predicted octanol–water partition coefficient (Wildman–Crippen LogP) is 2.77. The Morgan fingerprint density at radius 3 is 2.61 bits per heavy atom. The van der Waals surface area contributed by atoms with E-state index in [1.807, 2.05) is 0 Å². The van der Waals surface area contributed by atoms with Crippen LogP contribution in [-0.4, -0.2) is 16.1 Å². The molecule has 0 fully saturated rings. The molecule has 0 radical (unpaired) electrons. The Balaban J connectivity index is 2.58. The Kier molecular flexibility index (Phi) is 2.93. The summed E-state index contributed by atoms with van der Waals surface area (Å²) >= 11 is 0. The van der Waals surface area contributed by atoms with Crippen LogP contribution < -0.4 is 5.32 Å². The molecule has 0 bridgehead atoms. The first-order valence-electron chi connectivity index (χ1n) is 5.40. The lowest BCUT2D eigenvalue weighted by Gasteiger charge is -2.10. The number of benzene rings is 2. The maximum Gasteiger partial charge on any atom is 0.250 e. The van der Waals surface area contributed by atoms with Gasteiger partial charge in [-0.3, -0.25) is 4.79 Å². The number of hydrogen-bond acceptors (Lipinski definition) is 3. The molecule has 0 aromatic heterocycles. The van der Waals surface area contributed by atoms with Gasteiger partial charge in [0.1, 0.15) is 11.5 Å². The standard InChI is InChI=1S/C14H13NO3/c1-8(2)14(18)15-12-5-3-4-10-11(12)6-9(16)7-13(10)17/h3-7,16-17H,1H2,2H3,(H,15,18). The molecule has 2 aromatic carbocycles. The van der Waals surface area contributed by atoms with Crippen LogP contribution >= 0.6 is 0 Å². The number of amides is 1. The summed E-state index contributed by atoms with van der Waals surface area (Å²) in [6, 6.07) is 7.87. The summed E-state index contributed by atoms with van der Waals surface area (Å²) < 4.78 is 0. The third-order valence-electron chi connectivity index (χ3n) is 2.59. The summed E-state index contributed by atoms with van der Waals surface area (Å²) in [6.07, 6.45) is 0. The average Bonchev–Trinajstić information content (AvgIpc) is 2.29.